The molecule has 2 heteroatoms. The van der Waals surface area contributed by atoms with Gasteiger partial charge in [-0.3, -0.25) is 0 Å². The summed E-state index contributed by atoms with van der Waals surface area (Å²) in [6.45, 7) is 4.54. The first kappa shape index (κ1) is 14.4. The molecule has 0 aromatic heterocycles. The lowest BCUT2D eigenvalue weighted by atomic mass is 9.76. The highest BCUT2D eigenvalue weighted by Gasteiger charge is 2.28. The van der Waals surface area contributed by atoms with Gasteiger partial charge in [-0.25, -0.2) is 0 Å². The monoisotopic (exact) mass is 261 g/mol. The molecule has 0 bridgehead atoms. The van der Waals surface area contributed by atoms with Crippen LogP contribution in [0.25, 0.3) is 0 Å². The van der Waals surface area contributed by atoms with Gasteiger partial charge in [0, 0.05) is 6.04 Å². The van der Waals surface area contributed by atoms with E-state index in [0.29, 0.717) is 6.04 Å². The van der Waals surface area contributed by atoms with Crippen LogP contribution in [0, 0.1) is 18.8 Å². The van der Waals surface area contributed by atoms with Crippen molar-refractivity contribution in [1.29, 1.82) is 0 Å². The maximum atomic E-state index is 5.52. The Labute approximate surface area is 117 Å². The van der Waals surface area contributed by atoms with Gasteiger partial charge in [0.25, 0.3) is 0 Å². The number of hydrogen-bond acceptors (Lipinski definition) is 2. The zero-order valence-electron chi connectivity index (χ0n) is 12.7. The molecule has 106 valence electrons. The lowest BCUT2D eigenvalue weighted by Gasteiger charge is -2.35. The summed E-state index contributed by atoms with van der Waals surface area (Å²) in [5, 5.41) is 3.51. The third-order valence-electron chi connectivity index (χ3n) is 4.53. The maximum absolute atomic E-state index is 5.52. The van der Waals surface area contributed by atoms with Gasteiger partial charge in [-0.15, -0.1) is 0 Å². The highest BCUT2D eigenvalue weighted by molar-refractivity contribution is 5.37. The number of nitrogens with one attached hydrogen (secondary N) is 1. The summed E-state index contributed by atoms with van der Waals surface area (Å²) in [7, 11) is 3.87. The van der Waals surface area contributed by atoms with Gasteiger partial charge in [0.15, 0.2) is 0 Å². The minimum absolute atomic E-state index is 0.654. The van der Waals surface area contributed by atoms with Crippen LogP contribution in [-0.4, -0.2) is 20.2 Å². The van der Waals surface area contributed by atoms with Crippen molar-refractivity contribution in [3.8, 4) is 5.75 Å². The first-order valence-corrected chi connectivity index (χ1v) is 7.44. The second kappa shape index (κ2) is 6.42. The number of rotatable bonds is 4. The second-order valence-electron chi connectivity index (χ2n) is 6.09. The van der Waals surface area contributed by atoms with Gasteiger partial charge in [0.05, 0.1) is 7.11 Å². The normalized spacial score (nSPS) is 27.3. The van der Waals surface area contributed by atoms with Crippen LogP contribution in [0.1, 0.15) is 37.3 Å². The van der Waals surface area contributed by atoms with Crippen LogP contribution < -0.4 is 10.1 Å². The molecular weight excluding hydrogens is 234 g/mol. The summed E-state index contributed by atoms with van der Waals surface area (Å²) >= 11 is 0. The average Bonchev–Trinajstić information content (AvgIpc) is 2.39. The molecule has 3 atom stereocenters. The van der Waals surface area contributed by atoms with Crippen LogP contribution in [0.4, 0.5) is 0 Å². The van der Waals surface area contributed by atoms with Crippen LogP contribution in [0.15, 0.2) is 18.2 Å². The van der Waals surface area contributed by atoms with E-state index in [9.17, 15) is 0 Å². The van der Waals surface area contributed by atoms with Crippen molar-refractivity contribution in [1.82, 2.24) is 5.32 Å². The topological polar surface area (TPSA) is 21.3 Å². The lowest BCUT2D eigenvalue weighted by molar-refractivity contribution is 0.219. The van der Waals surface area contributed by atoms with Crippen LogP contribution in [0.5, 0.6) is 5.75 Å². The Hall–Kier alpha value is -1.02. The fraction of sp³-hybridized carbons (Fsp3) is 0.647. The zero-order chi connectivity index (χ0) is 13.8. The molecule has 0 amide bonds. The molecule has 0 saturated heterocycles. The summed E-state index contributed by atoms with van der Waals surface area (Å²) in [4.78, 5) is 0. The van der Waals surface area contributed by atoms with E-state index in [0.717, 1.165) is 24.0 Å². The highest BCUT2D eigenvalue weighted by atomic mass is 16.5. The van der Waals surface area contributed by atoms with Gasteiger partial charge in [-0.05, 0) is 63.1 Å². The molecule has 1 aromatic carbocycles. The summed E-state index contributed by atoms with van der Waals surface area (Å²) < 4.78 is 5.52. The highest BCUT2D eigenvalue weighted by Crippen LogP contribution is 2.33. The van der Waals surface area contributed by atoms with E-state index in [1.54, 1.807) is 7.11 Å². The molecule has 1 saturated carbocycles. The summed E-state index contributed by atoms with van der Waals surface area (Å²) in [5.41, 5.74) is 2.68. The average molecular weight is 261 g/mol. The van der Waals surface area contributed by atoms with E-state index in [1.807, 2.05) is 0 Å². The van der Waals surface area contributed by atoms with Gasteiger partial charge in [-0.2, -0.15) is 0 Å². The SMILES string of the molecule is CNC1CCC(C)CC1Cc1cc(C)ccc1OC. The minimum Gasteiger partial charge on any atom is -0.496 e. The molecule has 1 aromatic rings. The Balaban J connectivity index is 2.16. The number of ether oxygens (including phenoxy) is 1. The third-order valence-corrected chi connectivity index (χ3v) is 4.53. The second-order valence-corrected chi connectivity index (χ2v) is 6.09. The zero-order valence-corrected chi connectivity index (χ0v) is 12.7. The molecule has 1 aliphatic carbocycles. The third kappa shape index (κ3) is 3.50. The molecular formula is C17H27NO. The first-order chi connectivity index (χ1) is 9.13. The van der Waals surface area contributed by atoms with E-state index in [1.165, 1.54) is 30.4 Å². The van der Waals surface area contributed by atoms with E-state index < -0.39 is 0 Å². The molecule has 2 nitrogen and oxygen atoms in total. The molecule has 19 heavy (non-hydrogen) atoms. The van der Waals surface area contributed by atoms with Crippen molar-refractivity contribution >= 4 is 0 Å². The molecule has 1 aliphatic rings. The fourth-order valence-electron chi connectivity index (χ4n) is 3.45. The molecule has 2 rings (SSSR count). The Morgan fingerprint density at radius 1 is 1.32 bits per heavy atom. The van der Waals surface area contributed by atoms with E-state index in [2.05, 4.69) is 44.4 Å². The molecule has 3 unspecified atom stereocenters. The van der Waals surface area contributed by atoms with Crippen LogP contribution >= 0.6 is 0 Å². The van der Waals surface area contributed by atoms with Gasteiger partial charge in [0.1, 0.15) is 5.75 Å². The number of benzene rings is 1. The Bertz CT molecular complexity index is 416. The van der Waals surface area contributed by atoms with E-state index in [-0.39, 0.29) is 0 Å². The van der Waals surface area contributed by atoms with Crippen LogP contribution in [0.3, 0.4) is 0 Å². The molecule has 1 N–H and O–H groups in total. The lowest BCUT2D eigenvalue weighted by Crippen LogP contribution is -2.39. The molecule has 0 aliphatic heterocycles. The molecule has 0 spiro atoms. The smallest absolute Gasteiger partial charge is 0.122 e. The Morgan fingerprint density at radius 2 is 2.11 bits per heavy atom. The van der Waals surface area contributed by atoms with E-state index in [4.69, 9.17) is 4.74 Å². The summed E-state index contributed by atoms with van der Waals surface area (Å²) in [6, 6.07) is 7.17. The van der Waals surface area contributed by atoms with Crippen molar-refractivity contribution in [2.45, 2.75) is 45.6 Å². The number of methoxy groups -OCH3 is 1. The Kier molecular flexibility index (Phi) is 4.87. The number of aryl methyl sites for hydroxylation is 1. The van der Waals surface area contributed by atoms with Crippen molar-refractivity contribution in [3.63, 3.8) is 0 Å². The maximum Gasteiger partial charge on any atom is 0.122 e. The molecule has 0 heterocycles. The van der Waals surface area contributed by atoms with Crippen molar-refractivity contribution in [2.75, 3.05) is 14.2 Å². The largest absolute Gasteiger partial charge is 0.496 e. The van der Waals surface area contributed by atoms with Crippen molar-refractivity contribution in [2.24, 2.45) is 11.8 Å². The van der Waals surface area contributed by atoms with Crippen molar-refractivity contribution < 1.29 is 4.74 Å². The predicted octanol–water partition coefficient (Wildman–Crippen LogP) is 3.57. The first-order valence-electron chi connectivity index (χ1n) is 7.44. The van der Waals surface area contributed by atoms with Gasteiger partial charge in [0.2, 0.25) is 0 Å². The summed E-state index contributed by atoms with van der Waals surface area (Å²) in [6.07, 6.45) is 5.10. The van der Waals surface area contributed by atoms with Gasteiger partial charge >= 0.3 is 0 Å². The summed E-state index contributed by atoms with van der Waals surface area (Å²) in [5.74, 6) is 2.62. The van der Waals surface area contributed by atoms with E-state index >= 15 is 0 Å². The Morgan fingerprint density at radius 3 is 2.79 bits per heavy atom. The minimum atomic E-state index is 0.654. The molecule has 1 fully saturated rings. The van der Waals surface area contributed by atoms with Gasteiger partial charge in [-0.1, -0.05) is 24.6 Å². The van der Waals surface area contributed by atoms with Crippen LogP contribution in [-0.2, 0) is 6.42 Å². The standard InChI is InChI=1S/C17H27NO/c1-12-5-7-16(18-3)14(9-12)11-15-10-13(2)6-8-17(15)19-4/h6,8,10,12,14,16,18H,5,7,9,11H2,1-4H3. The van der Waals surface area contributed by atoms with Crippen molar-refractivity contribution in [3.05, 3.63) is 29.3 Å². The predicted molar refractivity (Wildman–Crippen MR) is 80.8 cm³/mol. The fourth-order valence-corrected chi connectivity index (χ4v) is 3.45. The van der Waals surface area contributed by atoms with Crippen LogP contribution in [0.2, 0.25) is 0 Å². The number of hydrogen-bond donors (Lipinski definition) is 1. The van der Waals surface area contributed by atoms with Gasteiger partial charge < -0.3 is 10.1 Å². The quantitative estimate of drug-likeness (QED) is 0.894. The molecule has 0 radical (unpaired) electrons.